The van der Waals surface area contributed by atoms with Gasteiger partial charge < -0.3 is 10.0 Å². The zero-order chi connectivity index (χ0) is 18.1. The number of aromatic nitrogens is 2. The summed E-state index contributed by atoms with van der Waals surface area (Å²) in [5, 5.41) is 10.8. The third-order valence-electron chi connectivity index (χ3n) is 4.25. The lowest BCUT2D eigenvalue weighted by Crippen LogP contribution is -2.26. The summed E-state index contributed by atoms with van der Waals surface area (Å²) in [7, 11) is 0. The van der Waals surface area contributed by atoms with Gasteiger partial charge in [0.05, 0.1) is 10.2 Å². The number of hydrogen-bond acceptors (Lipinski definition) is 5. The molecular formula is C19H16ClN3O2S. The van der Waals surface area contributed by atoms with E-state index in [2.05, 4.69) is 22.0 Å². The van der Waals surface area contributed by atoms with Crippen molar-refractivity contribution in [2.24, 2.45) is 0 Å². The Labute approximate surface area is 159 Å². The number of carboxylic acid groups (broad SMARTS) is 1. The van der Waals surface area contributed by atoms with Crippen molar-refractivity contribution in [2.75, 3.05) is 18.0 Å². The van der Waals surface area contributed by atoms with Gasteiger partial charge in [0.2, 0.25) is 0 Å². The molecule has 0 fully saturated rings. The number of carbonyl (C=O) groups is 1. The van der Waals surface area contributed by atoms with E-state index in [1.165, 1.54) is 6.07 Å². The van der Waals surface area contributed by atoms with Gasteiger partial charge in [-0.2, -0.15) is 0 Å². The van der Waals surface area contributed by atoms with Gasteiger partial charge >= 0.3 is 5.97 Å². The van der Waals surface area contributed by atoms with Gasteiger partial charge in [-0.15, -0.1) is 0 Å². The minimum Gasteiger partial charge on any atom is -0.477 e. The molecule has 26 heavy (non-hydrogen) atoms. The van der Waals surface area contributed by atoms with Crippen LogP contribution in [-0.4, -0.2) is 34.1 Å². The number of carboxylic acids is 1. The molecule has 1 N–H and O–H groups in total. The Kier molecular flexibility index (Phi) is 4.61. The molecule has 0 bridgehead atoms. The molecule has 0 spiro atoms. The van der Waals surface area contributed by atoms with Crippen LogP contribution < -0.4 is 4.90 Å². The van der Waals surface area contributed by atoms with E-state index >= 15 is 0 Å². The van der Waals surface area contributed by atoms with E-state index in [0.29, 0.717) is 17.1 Å². The summed E-state index contributed by atoms with van der Waals surface area (Å²) in [5.41, 5.74) is 2.59. The molecule has 3 aromatic rings. The van der Waals surface area contributed by atoms with Crippen molar-refractivity contribution in [3.05, 3.63) is 64.5 Å². The first-order chi connectivity index (χ1) is 12.6. The molecule has 3 heterocycles. The lowest BCUT2D eigenvalue weighted by atomic mass is 10.1. The lowest BCUT2D eigenvalue weighted by molar-refractivity contribution is 0.0690. The summed E-state index contributed by atoms with van der Waals surface area (Å²) in [6, 6.07) is 8.84. The van der Waals surface area contributed by atoms with Crippen molar-refractivity contribution >= 4 is 44.3 Å². The van der Waals surface area contributed by atoms with Gasteiger partial charge in [-0.05, 0) is 36.2 Å². The molecule has 1 aromatic carbocycles. The van der Waals surface area contributed by atoms with E-state index in [4.69, 9.17) is 21.7 Å². The molecule has 1 aliphatic rings. The highest BCUT2D eigenvalue weighted by Gasteiger charge is 2.16. The second kappa shape index (κ2) is 7.05. The van der Waals surface area contributed by atoms with Crippen molar-refractivity contribution in [2.45, 2.75) is 12.8 Å². The fourth-order valence-electron chi connectivity index (χ4n) is 3.03. The van der Waals surface area contributed by atoms with E-state index in [9.17, 15) is 4.79 Å². The summed E-state index contributed by atoms with van der Waals surface area (Å²) < 4.78 is 1.03. The van der Waals surface area contributed by atoms with Crippen molar-refractivity contribution < 1.29 is 9.90 Å². The average molecular weight is 386 g/mol. The number of halogens is 1. The maximum Gasteiger partial charge on any atom is 0.354 e. The number of fused-ring (bicyclic) bond motifs is 1. The highest BCUT2D eigenvalue weighted by Crippen LogP contribution is 2.34. The molecule has 0 atom stereocenters. The van der Waals surface area contributed by atoms with Crippen LogP contribution in [0.3, 0.4) is 0 Å². The first kappa shape index (κ1) is 17.0. The predicted octanol–water partition coefficient (Wildman–Crippen LogP) is 4.40. The average Bonchev–Trinajstić information content (AvgIpc) is 3.07. The fourth-order valence-corrected chi connectivity index (χ4v) is 4.42. The van der Waals surface area contributed by atoms with Gasteiger partial charge in [-0.1, -0.05) is 41.2 Å². The largest absolute Gasteiger partial charge is 0.477 e. The number of anilines is 1. The minimum absolute atomic E-state index is 0.0415. The standard InChI is InChI=1S/C19H16ClN3O2S/c20-13-9-12(10-14-5-4-6-15(21-14)18(24)25)17-16(11-13)26-19(22-17)23-7-2-1-3-8-23/h1-2,4-6,9,11H,3,7-8,10H2,(H,24,25). The smallest absolute Gasteiger partial charge is 0.354 e. The molecule has 0 saturated heterocycles. The maximum atomic E-state index is 11.1. The molecule has 2 aromatic heterocycles. The molecule has 0 amide bonds. The number of nitrogens with zero attached hydrogens (tertiary/aromatic N) is 3. The molecule has 7 heteroatoms. The van der Waals surface area contributed by atoms with E-state index < -0.39 is 5.97 Å². The summed E-state index contributed by atoms with van der Waals surface area (Å²) in [4.78, 5) is 22.5. The Morgan fingerprint density at radius 2 is 2.15 bits per heavy atom. The summed E-state index contributed by atoms with van der Waals surface area (Å²) in [6.07, 6.45) is 5.86. The van der Waals surface area contributed by atoms with Crippen LogP contribution in [0.4, 0.5) is 5.13 Å². The van der Waals surface area contributed by atoms with Gasteiger partial charge in [0.1, 0.15) is 5.69 Å². The van der Waals surface area contributed by atoms with E-state index in [-0.39, 0.29) is 5.69 Å². The number of aromatic carboxylic acids is 1. The van der Waals surface area contributed by atoms with Crippen LogP contribution in [-0.2, 0) is 6.42 Å². The molecule has 1 aliphatic heterocycles. The van der Waals surface area contributed by atoms with Crippen molar-refractivity contribution in [1.29, 1.82) is 0 Å². The highest BCUT2D eigenvalue weighted by atomic mass is 35.5. The van der Waals surface area contributed by atoms with Crippen LogP contribution in [0.1, 0.15) is 28.2 Å². The number of rotatable bonds is 4. The minimum atomic E-state index is -1.03. The van der Waals surface area contributed by atoms with Crippen LogP contribution in [0.5, 0.6) is 0 Å². The summed E-state index contributed by atoms with van der Waals surface area (Å²) in [6.45, 7) is 1.83. The van der Waals surface area contributed by atoms with E-state index in [1.807, 2.05) is 18.2 Å². The molecule has 0 unspecified atom stereocenters. The van der Waals surface area contributed by atoms with Crippen LogP contribution >= 0.6 is 22.9 Å². The third-order valence-corrected chi connectivity index (χ3v) is 5.53. The van der Waals surface area contributed by atoms with Crippen LogP contribution in [0.25, 0.3) is 10.2 Å². The van der Waals surface area contributed by atoms with Crippen LogP contribution in [0.15, 0.2) is 42.5 Å². The van der Waals surface area contributed by atoms with Gasteiger partial charge in [-0.25, -0.2) is 14.8 Å². The van der Waals surface area contributed by atoms with Crippen LogP contribution in [0.2, 0.25) is 5.02 Å². The van der Waals surface area contributed by atoms with Gasteiger partial charge in [-0.3, -0.25) is 0 Å². The second-order valence-corrected chi connectivity index (χ2v) is 7.56. The summed E-state index contributed by atoms with van der Waals surface area (Å²) in [5.74, 6) is -1.03. The normalized spacial score (nSPS) is 14.1. The van der Waals surface area contributed by atoms with Gasteiger partial charge in [0, 0.05) is 30.2 Å². The number of pyridine rings is 1. The summed E-state index contributed by atoms with van der Waals surface area (Å²) >= 11 is 7.94. The number of thiazole rings is 1. The monoisotopic (exact) mass is 385 g/mol. The zero-order valence-electron chi connectivity index (χ0n) is 13.9. The highest BCUT2D eigenvalue weighted by molar-refractivity contribution is 7.22. The molecular weight excluding hydrogens is 370 g/mol. The third kappa shape index (κ3) is 3.43. The SMILES string of the molecule is O=C(O)c1cccc(Cc2cc(Cl)cc3sc(N4CC=CCC4)nc23)n1. The number of benzene rings is 1. The second-order valence-electron chi connectivity index (χ2n) is 6.11. The Morgan fingerprint density at radius 1 is 1.27 bits per heavy atom. The molecule has 0 saturated carbocycles. The lowest BCUT2D eigenvalue weighted by Gasteiger charge is -2.22. The Balaban J connectivity index is 1.72. The Morgan fingerprint density at radius 3 is 2.92 bits per heavy atom. The van der Waals surface area contributed by atoms with Crippen molar-refractivity contribution in [3.63, 3.8) is 0 Å². The Hall–Kier alpha value is -2.44. The first-order valence-electron chi connectivity index (χ1n) is 8.28. The van der Waals surface area contributed by atoms with Gasteiger partial charge in [0.15, 0.2) is 5.13 Å². The molecule has 0 aliphatic carbocycles. The maximum absolute atomic E-state index is 11.1. The van der Waals surface area contributed by atoms with Crippen LogP contribution in [0, 0.1) is 0 Å². The van der Waals surface area contributed by atoms with Gasteiger partial charge in [0.25, 0.3) is 0 Å². The van der Waals surface area contributed by atoms with E-state index in [0.717, 1.165) is 40.4 Å². The molecule has 4 rings (SSSR count). The van der Waals surface area contributed by atoms with Crippen molar-refractivity contribution in [3.8, 4) is 0 Å². The van der Waals surface area contributed by atoms with Crippen molar-refractivity contribution in [1.82, 2.24) is 9.97 Å². The topological polar surface area (TPSA) is 66.3 Å². The Bertz CT molecular complexity index is 1020. The molecule has 5 nitrogen and oxygen atoms in total. The number of hydrogen-bond donors (Lipinski definition) is 1. The molecule has 132 valence electrons. The zero-order valence-corrected chi connectivity index (χ0v) is 15.4. The molecule has 0 radical (unpaired) electrons. The quantitative estimate of drug-likeness (QED) is 0.674. The fraction of sp³-hybridized carbons (Fsp3) is 0.211. The van der Waals surface area contributed by atoms with E-state index in [1.54, 1.807) is 17.4 Å². The first-order valence-corrected chi connectivity index (χ1v) is 9.48. The predicted molar refractivity (Wildman–Crippen MR) is 105 cm³/mol.